The van der Waals surface area contributed by atoms with Crippen LogP contribution in [0.5, 0.6) is 0 Å². The standard InChI is InChI=1S/C7H14O3S/c1-4-5(8)6(11-3)7(9)10-2/h5-6,8H,4H2,1-3H3/t5-,6-/m1/s1. The van der Waals surface area contributed by atoms with Crippen molar-refractivity contribution in [1.82, 2.24) is 0 Å². The normalized spacial score (nSPS) is 15.6. The van der Waals surface area contributed by atoms with Gasteiger partial charge in [-0.15, -0.1) is 11.8 Å². The highest BCUT2D eigenvalue weighted by atomic mass is 32.2. The predicted molar refractivity (Wildman–Crippen MR) is 45.6 cm³/mol. The molecule has 0 spiro atoms. The SMILES string of the molecule is CC[C@@H](O)[C@@H](SC)C(=O)OC. The molecule has 0 heterocycles. The molecular weight excluding hydrogens is 164 g/mol. The fourth-order valence-electron chi connectivity index (χ4n) is 0.741. The molecule has 1 N–H and O–H groups in total. The Balaban J connectivity index is 4.03. The van der Waals surface area contributed by atoms with E-state index >= 15 is 0 Å². The van der Waals surface area contributed by atoms with Gasteiger partial charge in [0.1, 0.15) is 5.25 Å². The molecule has 0 saturated heterocycles. The molecule has 0 rings (SSSR count). The Morgan fingerprint density at radius 2 is 2.27 bits per heavy atom. The van der Waals surface area contributed by atoms with E-state index in [9.17, 15) is 9.90 Å². The zero-order valence-electron chi connectivity index (χ0n) is 7.03. The maximum absolute atomic E-state index is 10.9. The first-order valence-corrected chi connectivity index (χ1v) is 4.74. The average Bonchev–Trinajstić information content (AvgIpc) is 2.05. The number of thioether (sulfide) groups is 1. The van der Waals surface area contributed by atoms with Gasteiger partial charge in [-0.3, -0.25) is 4.79 Å². The van der Waals surface area contributed by atoms with E-state index in [1.807, 2.05) is 6.92 Å². The summed E-state index contributed by atoms with van der Waals surface area (Å²) in [4.78, 5) is 10.9. The molecule has 0 radical (unpaired) electrons. The summed E-state index contributed by atoms with van der Waals surface area (Å²) < 4.78 is 4.51. The lowest BCUT2D eigenvalue weighted by Crippen LogP contribution is -2.31. The van der Waals surface area contributed by atoms with E-state index in [0.717, 1.165) is 0 Å². The van der Waals surface area contributed by atoms with Crippen molar-refractivity contribution in [2.75, 3.05) is 13.4 Å². The van der Waals surface area contributed by atoms with Crippen LogP contribution in [0.25, 0.3) is 0 Å². The number of rotatable bonds is 4. The first-order valence-electron chi connectivity index (χ1n) is 3.46. The van der Waals surface area contributed by atoms with Crippen molar-refractivity contribution in [2.24, 2.45) is 0 Å². The van der Waals surface area contributed by atoms with Gasteiger partial charge < -0.3 is 9.84 Å². The van der Waals surface area contributed by atoms with Crippen molar-refractivity contribution in [3.63, 3.8) is 0 Å². The van der Waals surface area contributed by atoms with Gasteiger partial charge in [0, 0.05) is 0 Å². The maximum Gasteiger partial charge on any atom is 0.321 e. The van der Waals surface area contributed by atoms with Gasteiger partial charge in [-0.2, -0.15) is 0 Å². The molecule has 0 bridgehead atoms. The molecule has 2 atom stereocenters. The van der Waals surface area contributed by atoms with Crippen molar-refractivity contribution in [2.45, 2.75) is 24.7 Å². The molecule has 4 heteroatoms. The van der Waals surface area contributed by atoms with Crippen LogP contribution in [0.3, 0.4) is 0 Å². The predicted octanol–water partition coefficient (Wildman–Crippen LogP) is 0.662. The summed E-state index contributed by atoms with van der Waals surface area (Å²) in [6, 6.07) is 0. The van der Waals surface area contributed by atoms with Gasteiger partial charge in [0.25, 0.3) is 0 Å². The monoisotopic (exact) mass is 178 g/mol. The Bertz CT molecular complexity index is 127. The smallest absolute Gasteiger partial charge is 0.321 e. The second-order valence-corrected chi connectivity index (χ2v) is 3.13. The summed E-state index contributed by atoms with van der Waals surface area (Å²) >= 11 is 1.31. The third-order valence-corrected chi connectivity index (χ3v) is 2.47. The van der Waals surface area contributed by atoms with Crippen molar-refractivity contribution in [1.29, 1.82) is 0 Å². The third-order valence-electron chi connectivity index (χ3n) is 1.46. The van der Waals surface area contributed by atoms with Crippen LogP contribution in [0.2, 0.25) is 0 Å². The van der Waals surface area contributed by atoms with Gasteiger partial charge in [0.05, 0.1) is 13.2 Å². The summed E-state index contributed by atoms with van der Waals surface area (Å²) in [6.45, 7) is 1.83. The molecule has 0 saturated carbocycles. The lowest BCUT2D eigenvalue weighted by molar-refractivity contribution is -0.142. The largest absolute Gasteiger partial charge is 0.468 e. The molecule has 0 aliphatic rings. The van der Waals surface area contributed by atoms with Crippen LogP contribution in [0.4, 0.5) is 0 Å². The van der Waals surface area contributed by atoms with Crippen molar-refractivity contribution in [3.8, 4) is 0 Å². The fourth-order valence-corrected chi connectivity index (χ4v) is 1.54. The number of ether oxygens (including phenoxy) is 1. The highest BCUT2D eigenvalue weighted by Crippen LogP contribution is 2.14. The van der Waals surface area contributed by atoms with Crippen LogP contribution in [-0.2, 0) is 9.53 Å². The minimum Gasteiger partial charge on any atom is -0.468 e. The number of aliphatic hydroxyl groups excluding tert-OH is 1. The molecule has 0 aromatic heterocycles. The van der Waals surface area contributed by atoms with Crippen molar-refractivity contribution in [3.05, 3.63) is 0 Å². The third kappa shape index (κ3) is 3.12. The maximum atomic E-state index is 10.9. The van der Waals surface area contributed by atoms with Gasteiger partial charge in [0.15, 0.2) is 0 Å². The Kier molecular flexibility index (Phi) is 5.32. The molecule has 3 nitrogen and oxygen atoms in total. The summed E-state index contributed by atoms with van der Waals surface area (Å²) in [5.74, 6) is -0.355. The zero-order valence-corrected chi connectivity index (χ0v) is 7.85. The number of carbonyl (C=O) groups excluding carboxylic acids is 1. The van der Waals surface area contributed by atoms with Crippen molar-refractivity contribution < 1.29 is 14.6 Å². The molecule has 0 amide bonds. The average molecular weight is 178 g/mol. The Morgan fingerprint density at radius 3 is 2.55 bits per heavy atom. The van der Waals surface area contributed by atoms with Crippen molar-refractivity contribution >= 4 is 17.7 Å². The van der Waals surface area contributed by atoms with Crippen LogP contribution in [0.15, 0.2) is 0 Å². The van der Waals surface area contributed by atoms with Crippen LogP contribution in [0, 0.1) is 0 Å². The highest BCUT2D eigenvalue weighted by Gasteiger charge is 2.24. The lowest BCUT2D eigenvalue weighted by Gasteiger charge is -2.16. The van der Waals surface area contributed by atoms with Crippen LogP contribution in [-0.4, -0.2) is 35.8 Å². The molecule has 0 aliphatic carbocycles. The molecule has 11 heavy (non-hydrogen) atoms. The molecule has 0 aliphatic heterocycles. The molecule has 0 fully saturated rings. The highest BCUT2D eigenvalue weighted by molar-refractivity contribution is 7.99. The quantitative estimate of drug-likeness (QED) is 0.642. The summed E-state index contributed by atoms with van der Waals surface area (Å²) in [6.07, 6.45) is 1.75. The van der Waals surface area contributed by atoms with E-state index in [1.165, 1.54) is 18.9 Å². The summed E-state index contributed by atoms with van der Waals surface area (Å²) in [5.41, 5.74) is 0. The van der Waals surface area contributed by atoms with Crippen LogP contribution < -0.4 is 0 Å². The fraction of sp³-hybridized carbons (Fsp3) is 0.857. The lowest BCUT2D eigenvalue weighted by atomic mass is 10.2. The number of hydrogen-bond donors (Lipinski definition) is 1. The number of methoxy groups -OCH3 is 1. The number of aliphatic hydroxyl groups is 1. The van der Waals surface area contributed by atoms with Gasteiger partial charge >= 0.3 is 5.97 Å². The van der Waals surface area contributed by atoms with Gasteiger partial charge in [-0.1, -0.05) is 6.92 Å². The minimum absolute atomic E-state index is 0.355. The van der Waals surface area contributed by atoms with Crippen LogP contribution in [0.1, 0.15) is 13.3 Å². The van der Waals surface area contributed by atoms with Gasteiger partial charge in [-0.05, 0) is 12.7 Å². The topological polar surface area (TPSA) is 46.5 Å². The molecule has 66 valence electrons. The van der Waals surface area contributed by atoms with Gasteiger partial charge in [-0.25, -0.2) is 0 Å². The first kappa shape index (κ1) is 10.8. The van der Waals surface area contributed by atoms with E-state index in [2.05, 4.69) is 4.74 Å². The summed E-state index contributed by atoms with van der Waals surface area (Å²) in [7, 11) is 1.33. The summed E-state index contributed by atoms with van der Waals surface area (Å²) in [5, 5.41) is 8.86. The number of esters is 1. The van der Waals surface area contributed by atoms with E-state index in [1.54, 1.807) is 6.26 Å². The Labute approximate surface area is 71.1 Å². The Hall–Kier alpha value is -0.220. The van der Waals surface area contributed by atoms with Gasteiger partial charge in [0.2, 0.25) is 0 Å². The second kappa shape index (κ2) is 5.43. The molecule has 0 unspecified atom stereocenters. The van der Waals surface area contributed by atoms with E-state index in [-0.39, 0.29) is 5.97 Å². The van der Waals surface area contributed by atoms with E-state index < -0.39 is 11.4 Å². The zero-order chi connectivity index (χ0) is 8.85. The van der Waals surface area contributed by atoms with E-state index in [4.69, 9.17) is 0 Å². The number of carbonyl (C=O) groups is 1. The van der Waals surface area contributed by atoms with E-state index in [0.29, 0.717) is 6.42 Å². The number of hydrogen-bond acceptors (Lipinski definition) is 4. The first-order chi connectivity index (χ1) is 5.17. The second-order valence-electron chi connectivity index (χ2n) is 2.16. The van der Waals surface area contributed by atoms with Crippen LogP contribution >= 0.6 is 11.8 Å². The molecular formula is C7H14O3S. The minimum atomic E-state index is -0.600. The molecule has 0 aromatic rings. The molecule has 0 aromatic carbocycles. The Morgan fingerprint density at radius 1 is 1.73 bits per heavy atom.